The van der Waals surface area contributed by atoms with Crippen molar-refractivity contribution in [3.63, 3.8) is 0 Å². The summed E-state index contributed by atoms with van der Waals surface area (Å²) in [7, 11) is 1.58. The number of rotatable bonds is 2. The van der Waals surface area contributed by atoms with Crippen molar-refractivity contribution in [3.05, 3.63) is 29.0 Å². The smallest absolute Gasteiger partial charge is 0.177 e. The summed E-state index contributed by atoms with van der Waals surface area (Å²) in [5.41, 5.74) is 0.593. The third-order valence-electron chi connectivity index (χ3n) is 3.08. The van der Waals surface area contributed by atoms with Gasteiger partial charge in [0.25, 0.3) is 0 Å². The lowest BCUT2D eigenvalue weighted by molar-refractivity contribution is 0.151. The largest absolute Gasteiger partial charge is 0.493 e. The van der Waals surface area contributed by atoms with Crippen molar-refractivity contribution < 1.29 is 14.3 Å². The average Bonchev–Trinajstić information content (AvgIpc) is 2.82. The molecule has 0 spiro atoms. The molecule has 16 heavy (non-hydrogen) atoms. The van der Waals surface area contributed by atoms with Gasteiger partial charge in [0.05, 0.1) is 24.0 Å². The van der Waals surface area contributed by atoms with Gasteiger partial charge in [-0.2, -0.15) is 0 Å². The van der Waals surface area contributed by atoms with Crippen molar-refractivity contribution in [2.45, 2.75) is 18.4 Å². The maximum atomic E-state index is 10.1. The predicted octanol–water partition coefficient (Wildman–Crippen LogP) is 3.08. The zero-order valence-corrected chi connectivity index (χ0v) is 9.54. The molecule has 2 aromatic rings. The molecule has 3 nitrogen and oxygen atoms in total. The number of furan rings is 1. The second kappa shape index (κ2) is 3.15. The van der Waals surface area contributed by atoms with Gasteiger partial charge >= 0.3 is 0 Å². The molecule has 0 bridgehead atoms. The number of methoxy groups -OCH3 is 1. The van der Waals surface area contributed by atoms with Gasteiger partial charge in [-0.3, -0.25) is 0 Å². The van der Waals surface area contributed by atoms with Crippen LogP contribution in [0.5, 0.6) is 5.75 Å². The third kappa shape index (κ3) is 1.25. The molecule has 1 heterocycles. The van der Waals surface area contributed by atoms with Crippen LogP contribution >= 0.6 is 11.6 Å². The summed E-state index contributed by atoms with van der Waals surface area (Å²) < 4.78 is 10.6. The molecule has 0 saturated heterocycles. The fourth-order valence-electron chi connectivity index (χ4n) is 1.96. The van der Waals surface area contributed by atoms with Crippen LogP contribution < -0.4 is 4.74 Å². The minimum Gasteiger partial charge on any atom is -0.493 e. The number of ether oxygens (including phenoxy) is 1. The van der Waals surface area contributed by atoms with Gasteiger partial charge in [-0.05, 0) is 25.0 Å². The second-order valence-electron chi connectivity index (χ2n) is 4.14. The summed E-state index contributed by atoms with van der Waals surface area (Å²) >= 11 is 6.26. The van der Waals surface area contributed by atoms with Gasteiger partial charge in [0.2, 0.25) is 0 Å². The van der Waals surface area contributed by atoms with E-state index in [1.54, 1.807) is 25.5 Å². The van der Waals surface area contributed by atoms with E-state index in [1.165, 1.54) is 0 Å². The highest BCUT2D eigenvalue weighted by atomic mass is 35.5. The Hall–Kier alpha value is -1.19. The van der Waals surface area contributed by atoms with Gasteiger partial charge in [0.15, 0.2) is 11.3 Å². The predicted molar refractivity (Wildman–Crippen MR) is 60.9 cm³/mol. The van der Waals surface area contributed by atoms with Crippen molar-refractivity contribution in [1.29, 1.82) is 0 Å². The average molecular weight is 239 g/mol. The highest BCUT2D eigenvalue weighted by Crippen LogP contribution is 2.51. The summed E-state index contributed by atoms with van der Waals surface area (Å²) in [6, 6.07) is 3.55. The molecule has 3 rings (SSSR count). The van der Waals surface area contributed by atoms with Crippen LogP contribution in [0.25, 0.3) is 11.0 Å². The van der Waals surface area contributed by atoms with Crippen LogP contribution in [0.15, 0.2) is 22.8 Å². The van der Waals surface area contributed by atoms with E-state index in [2.05, 4.69) is 0 Å². The van der Waals surface area contributed by atoms with E-state index in [1.807, 2.05) is 0 Å². The fourth-order valence-corrected chi connectivity index (χ4v) is 2.34. The van der Waals surface area contributed by atoms with E-state index >= 15 is 0 Å². The Kier molecular flexibility index (Phi) is 1.97. The van der Waals surface area contributed by atoms with Gasteiger partial charge in [0.1, 0.15) is 0 Å². The molecular formula is C12H11ClO3. The van der Waals surface area contributed by atoms with E-state index in [-0.39, 0.29) is 0 Å². The third-order valence-corrected chi connectivity index (χ3v) is 3.49. The van der Waals surface area contributed by atoms with Gasteiger partial charge < -0.3 is 14.3 Å². The van der Waals surface area contributed by atoms with E-state index in [4.69, 9.17) is 20.8 Å². The van der Waals surface area contributed by atoms with E-state index < -0.39 is 5.60 Å². The van der Waals surface area contributed by atoms with E-state index in [9.17, 15) is 5.11 Å². The summed E-state index contributed by atoms with van der Waals surface area (Å²) in [6.45, 7) is 0. The molecule has 1 N–H and O–H groups in total. The molecule has 1 saturated carbocycles. The summed E-state index contributed by atoms with van der Waals surface area (Å²) in [6.07, 6.45) is 3.07. The van der Waals surface area contributed by atoms with Crippen LogP contribution in [0.4, 0.5) is 0 Å². The Labute approximate surface area is 97.6 Å². The van der Waals surface area contributed by atoms with Gasteiger partial charge in [-0.15, -0.1) is 0 Å². The number of halogens is 1. The van der Waals surface area contributed by atoms with Crippen LogP contribution in [0.2, 0.25) is 5.02 Å². The summed E-state index contributed by atoms with van der Waals surface area (Å²) in [4.78, 5) is 0. The lowest BCUT2D eigenvalue weighted by Crippen LogP contribution is -2.05. The zero-order valence-electron chi connectivity index (χ0n) is 8.79. The monoisotopic (exact) mass is 238 g/mol. The Balaban J connectivity index is 2.33. The maximum Gasteiger partial charge on any atom is 0.177 e. The first-order valence-electron chi connectivity index (χ1n) is 5.12. The van der Waals surface area contributed by atoms with Crippen LogP contribution in [-0.2, 0) is 5.60 Å². The quantitative estimate of drug-likeness (QED) is 0.874. The number of hydrogen-bond acceptors (Lipinski definition) is 3. The molecule has 1 fully saturated rings. The number of hydrogen-bond donors (Lipinski definition) is 1. The molecule has 0 radical (unpaired) electrons. The normalized spacial score (nSPS) is 17.7. The lowest BCUT2D eigenvalue weighted by atomic mass is 10.0. The summed E-state index contributed by atoms with van der Waals surface area (Å²) in [5, 5.41) is 11.5. The Morgan fingerprint density at radius 3 is 2.88 bits per heavy atom. The number of benzene rings is 1. The highest BCUT2D eigenvalue weighted by molar-refractivity contribution is 6.36. The molecule has 84 valence electrons. The number of aliphatic hydroxyl groups is 1. The Morgan fingerprint density at radius 1 is 1.50 bits per heavy atom. The van der Waals surface area contributed by atoms with Crippen LogP contribution in [0.3, 0.4) is 0 Å². The van der Waals surface area contributed by atoms with Crippen LogP contribution in [-0.4, -0.2) is 12.2 Å². The molecule has 0 unspecified atom stereocenters. The molecule has 0 aliphatic heterocycles. The molecule has 4 heteroatoms. The molecular weight excluding hydrogens is 228 g/mol. The molecule has 0 atom stereocenters. The van der Waals surface area contributed by atoms with Crippen molar-refractivity contribution in [2.75, 3.05) is 7.11 Å². The SMILES string of the molecule is COc1cc(C2(O)CC2)c(Cl)c2ccoc12. The minimum atomic E-state index is -0.768. The molecule has 1 aliphatic rings. The first-order chi connectivity index (χ1) is 7.65. The van der Waals surface area contributed by atoms with E-state index in [0.29, 0.717) is 16.4 Å². The van der Waals surface area contributed by atoms with Crippen molar-refractivity contribution >= 4 is 22.6 Å². The van der Waals surface area contributed by atoms with Crippen molar-refractivity contribution in [3.8, 4) is 5.75 Å². The molecule has 1 aromatic carbocycles. The van der Waals surface area contributed by atoms with Gasteiger partial charge in [-0.1, -0.05) is 11.6 Å². The van der Waals surface area contributed by atoms with Crippen LogP contribution in [0.1, 0.15) is 18.4 Å². The highest BCUT2D eigenvalue weighted by Gasteiger charge is 2.44. The first kappa shape index (κ1) is 10.00. The van der Waals surface area contributed by atoms with Crippen LogP contribution in [0, 0.1) is 0 Å². The fraction of sp³-hybridized carbons (Fsp3) is 0.333. The Bertz CT molecular complexity index is 555. The maximum absolute atomic E-state index is 10.1. The van der Waals surface area contributed by atoms with Crippen molar-refractivity contribution in [2.24, 2.45) is 0 Å². The first-order valence-corrected chi connectivity index (χ1v) is 5.50. The molecule has 1 aromatic heterocycles. The standard InChI is InChI=1S/C12H11ClO3/c1-15-9-6-8(12(14)3-4-12)10(13)7-2-5-16-11(7)9/h2,5-6,14H,3-4H2,1H3. The number of fused-ring (bicyclic) bond motifs is 1. The lowest BCUT2D eigenvalue weighted by Gasteiger charge is -2.13. The van der Waals surface area contributed by atoms with Gasteiger partial charge in [-0.25, -0.2) is 0 Å². The molecule has 1 aliphatic carbocycles. The van der Waals surface area contributed by atoms with Crippen molar-refractivity contribution in [1.82, 2.24) is 0 Å². The zero-order chi connectivity index (χ0) is 11.3. The molecule has 0 amide bonds. The topological polar surface area (TPSA) is 42.6 Å². The minimum absolute atomic E-state index is 0.560. The Morgan fingerprint density at radius 2 is 2.25 bits per heavy atom. The second-order valence-corrected chi connectivity index (χ2v) is 4.51. The van der Waals surface area contributed by atoms with Gasteiger partial charge in [0, 0.05) is 10.9 Å². The summed E-state index contributed by atoms with van der Waals surface area (Å²) in [5.74, 6) is 0.611. The van der Waals surface area contributed by atoms with E-state index in [0.717, 1.165) is 23.8 Å².